The maximum Gasteiger partial charge on any atom is 0.337 e. The highest BCUT2D eigenvalue weighted by atomic mass is 16.5. The first-order valence-electron chi connectivity index (χ1n) is 9.30. The fourth-order valence-electron chi connectivity index (χ4n) is 3.37. The van der Waals surface area contributed by atoms with Crippen LogP contribution in [0.15, 0.2) is 59.8 Å². The second kappa shape index (κ2) is 7.78. The van der Waals surface area contributed by atoms with Crippen LogP contribution in [0.1, 0.15) is 34.5 Å². The predicted molar refractivity (Wildman–Crippen MR) is 110 cm³/mol. The monoisotopic (exact) mass is 404 g/mol. The SMILES string of the molecule is COC(=O)c1ccc(C2C(C(=O)Nc3ccc(C)cc3)=C(C)Nc3nnnn32)cc1. The van der Waals surface area contributed by atoms with Crippen molar-refractivity contribution in [2.24, 2.45) is 0 Å². The number of amides is 1. The lowest BCUT2D eigenvalue weighted by Gasteiger charge is -2.28. The van der Waals surface area contributed by atoms with Crippen LogP contribution in [0.25, 0.3) is 0 Å². The molecule has 0 radical (unpaired) electrons. The van der Waals surface area contributed by atoms with Crippen molar-refractivity contribution in [2.75, 3.05) is 17.7 Å². The molecule has 0 saturated carbocycles. The van der Waals surface area contributed by atoms with Crippen LogP contribution in [-0.4, -0.2) is 39.2 Å². The van der Waals surface area contributed by atoms with Gasteiger partial charge in [0.1, 0.15) is 6.04 Å². The summed E-state index contributed by atoms with van der Waals surface area (Å²) in [5.74, 6) is -0.271. The molecule has 9 nitrogen and oxygen atoms in total. The first-order chi connectivity index (χ1) is 14.5. The highest BCUT2D eigenvalue weighted by Crippen LogP contribution is 2.35. The Labute approximate surface area is 172 Å². The average Bonchev–Trinajstić information content (AvgIpc) is 3.22. The Morgan fingerprint density at radius 2 is 1.77 bits per heavy atom. The highest BCUT2D eigenvalue weighted by Gasteiger charge is 2.34. The minimum absolute atomic E-state index is 0.271. The van der Waals surface area contributed by atoms with Crippen molar-refractivity contribution in [1.29, 1.82) is 0 Å². The molecular weight excluding hydrogens is 384 g/mol. The van der Waals surface area contributed by atoms with E-state index in [4.69, 9.17) is 4.74 Å². The molecular formula is C21H20N6O3. The molecule has 1 aliphatic rings. The maximum atomic E-state index is 13.2. The number of rotatable bonds is 4. The number of carbonyl (C=O) groups is 2. The van der Waals surface area contributed by atoms with Gasteiger partial charge in [-0.2, -0.15) is 4.68 Å². The lowest BCUT2D eigenvalue weighted by Crippen LogP contribution is -2.31. The second-order valence-corrected chi connectivity index (χ2v) is 6.95. The van der Waals surface area contributed by atoms with Gasteiger partial charge >= 0.3 is 5.97 Å². The van der Waals surface area contributed by atoms with Crippen LogP contribution in [-0.2, 0) is 9.53 Å². The number of hydrogen-bond donors (Lipinski definition) is 2. The van der Waals surface area contributed by atoms with Crippen LogP contribution < -0.4 is 10.6 Å². The van der Waals surface area contributed by atoms with Gasteiger partial charge in [0, 0.05) is 11.4 Å². The molecule has 30 heavy (non-hydrogen) atoms. The molecule has 1 unspecified atom stereocenters. The van der Waals surface area contributed by atoms with E-state index in [1.165, 1.54) is 7.11 Å². The number of fused-ring (bicyclic) bond motifs is 1. The Balaban J connectivity index is 1.72. The van der Waals surface area contributed by atoms with E-state index in [1.807, 2.05) is 31.2 Å². The number of methoxy groups -OCH3 is 1. The smallest absolute Gasteiger partial charge is 0.337 e. The molecule has 2 aromatic carbocycles. The zero-order chi connectivity index (χ0) is 21.3. The minimum Gasteiger partial charge on any atom is -0.465 e. The molecule has 152 valence electrons. The summed E-state index contributed by atoms with van der Waals surface area (Å²) in [6, 6.07) is 13.8. The van der Waals surface area contributed by atoms with E-state index in [1.54, 1.807) is 35.9 Å². The summed E-state index contributed by atoms with van der Waals surface area (Å²) < 4.78 is 6.30. The Kier molecular flexibility index (Phi) is 5.01. The lowest BCUT2D eigenvalue weighted by molar-refractivity contribution is -0.113. The fraction of sp³-hybridized carbons (Fsp3) is 0.190. The number of carbonyl (C=O) groups excluding carboxylic acids is 2. The Bertz CT molecular complexity index is 1130. The van der Waals surface area contributed by atoms with Crippen molar-refractivity contribution < 1.29 is 14.3 Å². The predicted octanol–water partition coefficient (Wildman–Crippen LogP) is 2.70. The van der Waals surface area contributed by atoms with E-state index in [-0.39, 0.29) is 5.91 Å². The Morgan fingerprint density at radius 3 is 2.43 bits per heavy atom. The Morgan fingerprint density at radius 1 is 1.07 bits per heavy atom. The summed E-state index contributed by atoms with van der Waals surface area (Å²) in [6.07, 6.45) is 0. The molecule has 0 spiro atoms. The van der Waals surface area contributed by atoms with Gasteiger partial charge in [0.15, 0.2) is 0 Å². The van der Waals surface area contributed by atoms with Gasteiger partial charge < -0.3 is 15.4 Å². The number of anilines is 2. The van der Waals surface area contributed by atoms with Crippen molar-refractivity contribution in [2.45, 2.75) is 19.9 Å². The van der Waals surface area contributed by atoms with E-state index in [0.29, 0.717) is 28.5 Å². The number of tetrazole rings is 1. The molecule has 4 rings (SSSR count). The van der Waals surface area contributed by atoms with Gasteiger partial charge in [-0.1, -0.05) is 34.9 Å². The van der Waals surface area contributed by atoms with Crippen molar-refractivity contribution in [1.82, 2.24) is 20.2 Å². The van der Waals surface area contributed by atoms with Crippen molar-refractivity contribution in [3.63, 3.8) is 0 Å². The summed E-state index contributed by atoms with van der Waals surface area (Å²) in [5.41, 5.74) is 4.08. The molecule has 2 heterocycles. The zero-order valence-corrected chi connectivity index (χ0v) is 16.7. The largest absolute Gasteiger partial charge is 0.465 e. The molecule has 1 atom stereocenters. The molecule has 0 fully saturated rings. The second-order valence-electron chi connectivity index (χ2n) is 6.95. The fourth-order valence-corrected chi connectivity index (χ4v) is 3.37. The van der Waals surface area contributed by atoms with Gasteiger partial charge in [-0.15, -0.1) is 0 Å². The maximum absolute atomic E-state index is 13.2. The topological polar surface area (TPSA) is 111 Å². The number of allylic oxidation sites excluding steroid dienone is 1. The van der Waals surface area contributed by atoms with Gasteiger partial charge in [0.05, 0.1) is 18.2 Å². The molecule has 9 heteroatoms. The van der Waals surface area contributed by atoms with E-state index in [9.17, 15) is 9.59 Å². The molecule has 1 amide bonds. The van der Waals surface area contributed by atoms with Gasteiger partial charge in [0.2, 0.25) is 5.95 Å². The third-order valence-electron chi connectivity index (χ3n) is 4.92. The zero-order valence-electron chi connectivity index (χ0n) is 16.7. The van der Waals surface area contributed by atoms with Crippen molar-refractivity contribution in [3.05, 3.63) is 76.5 Å². The number of benzene rings is 2. The highest BCUT2D eigenvalue weighted by molar-refractivity contribution is 6.06. The first-order valence-corrected chi connectivity index (χ1v) is 9.30. The van der Waals surface area contributed by atoms with E-state index < -0.39 is 12.0 Å². The molecule has 1 aromatic heterocycles. The Hall–Kier alpha value is -4.01. The molecule has 0 bridgehead atoms. The number of aromatic nitrogens is 4. The third-order valence-corrected chi connectivity index (χ3v) is 4.92. The van der Waals surface area contributed by atoms with E-state index in [2.05, 4.69) is 26.2 Å². The van der Waals surface area contributed by atoms with Crippen molar-refractivity contribution >= 4 is 23.5 Å². The summed E-state index contributed by atoms with van der Waals surface area (Å²) >= 11 is 0. The van der Waals surface area contributed by atoms with Gasteiger partial charge in [0.25, 0.3) is 5.91 Å². The van der Waals surface area contributed by atoms with E-state index >= 15 is 0 Å². The van der Waals surface area contributed by atoms with Crippen LogP contribution in [0.2, 0.25) is 0 Å². The quantitative estimate of drug-likeness (QED) is 0.643. The standard InChI is InChI=1S/C21H20N6O3/c1-12-4-10-16(11-5-12)23-19(28)17-13(2)22-21-24-25-26-27(21)18(17)14-6-8-15(9-7-14)20(29)30-3/h4-11,18H,1-3H3,(H,23,28)(H,22,24,26). The molecule has 1 aliphatic heterocycles. The van der Waals surface area contributed by atoms with Gasteiger partial charge in [-0.05, 0) is 54.1 Å². The van der Waals surface area contributed by atoms with Crippen LogP contribution >= 0.6 is 0 Å². The third kappa shape index (κ3) is 3.52. The number of esters is 1. The molecule has 3 aromatic rings. The van der Waals surface area contributed by atoms with E-state index in [0.717, 1.165) is 11.1 Å². The van der Waals surface area contributed by atoms with Gasteiger partial charge in [-0.3, -0.25) is 4.79 Å². The number of nitrogens with zero attached hydrogens (tertiary/aromatic N) is 4. The molecule has 0 saturated heterocycles. The number of nitrogens with one attached hydrogen (secondary N) is 2. The van der Waals surface area contributed by atoms with Crippen LogP contribution in [0.3, 0.4) is 0 Å². The summed E-state index contributed by atoms with van der Waals surface area (Å²) in [5, 5.41) is 17.8. The number of aryl methyl sites for hydroxylation is 1. The van der Waals surface area contributed by atoms with Crippen LogP contribution in [0.4, 0.5) is 11.6 Å². The summed E-state index contributed by atoms with van der Waals surface area (Å²) in [7, 11) is 1.33. The number of ether oxygens (including phenoxy) is 1. The molecule has 2 N–H and O–H groups in total. The summed E-state index contributed by atoms with van der Waals surface area (Å²) in [4.78, 5) is 25.0. The van der Waals surface area contributed by atoms with Crippen LogP contribution in [0, 0.1) is 6.92 Å². The first kappa shape index (κ1) is 19.3. The minimum atomic E-state index is -0.562. The van der Waals surface area contributed by atoms with Crippen molar-refractivity contribution in [3.8, 4) is 0 Å². The normalized spacial score (nSPS) is 15.2. The average molecular weight is 404 g/mol. The van der Waals surface area contributed by atoms with Crippen LogP contribution in [0.5, 0.6) is 0 Å². The lowest BCUT2D eigenvalue weighted by atomic mass is 9.94. The molecule has 0 aliphatic carbocycles. The number of hydrogen-bond acceptors (Lipinski definition) is 7. The van der Waals surface area contributed by atoms with Gasteiger partial charge in [-0.25, -0.2) is 4.79 Å². The summed E-state index contributed by atoms with van der Waals surface area (Å²) in [6.45, 7) is 3.79.